The average Bonchev–Trinajstić information content (AvgIpc) is 2.80. The second-order valence-electron chi connectivity index (χ2n) is 4.59. The van der Waals surface area contributed by atoms with Gasteiger partial charge in [-0.15, -0.1) is 0 Å². The highest BCUT2D eigenvalue weighted by atomic mass is 16.6. The van der Waals surface area contributed by atoms with Crippen LogP contribution < -0.4 is 5.32 Å². The number of rotatable bonds is 4. The molecule has 1 unspecified atom stereocenters. The maximum atomic E-state index is 12.2. The summed E-state index contributed by atoms with van der Waals surface area (Å²) in [5.41, 5.74) is 0. The van der Waals surface area contributed by atoms with Gasteiger partial charge in [0, 0.05) is 20.1 Å². The van der Waals surface area contributed by atoms with Crippen LogP contribution in [0.4, 0.5) is 11.6 Å². The first-order valence-electron chi connectivity index (χ1n) is 6.29. The van der Waals surface area contributed by atoms with Crippen molar-refractivity contribution in [2.75, 3.05) is 31.6 Å². The third-order valence-corrected chi connectivity index (χ3v) is 3.14. The Labute approximate surface area is 115 Å². The van der Waals surface area contributed by atoms with E-state index in [2.05, 4.69) is 10.3 Å². The number of anilines is 1. The van der Waals surface area contributed by atoms with Crippen molar-refractivity contribution in [1.82, 2.24) is 14.5 Å². The molecule has 1 N–H and O–H groups in total. The van der Waals surface area contributed by atoms with E-state index in [4.69, 9.17) is 4.74 Å². The summed E-state index contributed by atoms with van der Waals surface area (Å²) in [5.74, 6) is -0.165. The van der Waals surface area contributed by atoms with Gasteiger partial charge in [-0.1, -0.05) is 0 Å². The summed E-state index contributed by atoms with van der Waals surface area (Å²) in [6, 6.07) is -0.567. The molecule has 110 valence electrons. The highest BCUT2D eigenvalue weighted by Gasteiger charge is 2.27. The van der Waals surface area contributed by atoms with Gasteiger partial charge in [0.1, 0.15) is 6.04 Å². The van der Waals surface area contributed by atoms with Crippen molar-refractivity contribution in [2.24, 2.45) is 7.05 Å². The molecule has 1 aliphatic heterocycles. The zero-order chi connectivity index (χ0) is 14.7. The van der Waals surface area contributed by atoms with Crippen molar-refractivity contribution in [3.8, 4) is 0 Å². The predicted molar refractivity (Wildman–Crippen MR) is 70.3 cm³/mol. The predicted octanol–water partition coefficient (Wildman–Crippen LogP) is -0.0125. The summed E-state index contributed by atoms with van der Waals surface area (Å²) >= 11 is 0. The number of carbonyl (C=O) groups excluding carboxylic acids is 1. The summed E-state index contributed by atoms with van der Waals surface area (Å²) in [5, 5.41) is 13.7. The van der Waals surface area contributed by atoms with Crippen molar-refractivity contribution >= 4 is 17.5 Å². The van der Waals surface area contributed by atoms with Crippen LogP contribution in [0.3, 0.4) is 0 Å². The SMILES string of the molecule is CC(Nc1c([N+](=O)[O-])ncn1C)C(=O)N1CCOCC1. The molecule has 1 saturated heterocycles. The zero-order valence-corrected chi connectivity index (χ0v) is 11.4. The molecule has 1 aromatic heterocycles. The molecule has 2 rings (SSSR count). The van der Waals surface area contributed by atoms with Gasteiger partial charge in [0.05, 0.1) is 13.2 Å². The Hall–Kier alpha value is -2.16. The van der Waals surface area contributed by atoms with Crippen molar-refractivity contribution in [3.05, 3.63) is 16.4 Å². The minimum absolute atomic E-state index is 0.108. The lowest BCUT2D eigenvalue weighted by Gasteiger charge is -2.29. The second-order valence-corrected chi connectivity index (χ2v) is 4.59. The number of amides is 1. The van der Waals surface area contributed by atoms with Crippen LogP contribution in [0, 0.1) is 10.1 Å². The monoisotopic (exact) mass is 283 g/mol. The van der Waals surface area contributed by atoms with Gasteiger partial charge >= 0.3 is 5.82 Å². The van der Waals surface area contributed by atoms with Gasteiger partial charge in [0.25, 0.3) is 0 Å². The molecule has 0 aliphatic carbocycles. The number of nitrogens with one attached hydrogen (secondary N) is 1. The van der Waals surface area contributed by atoms with Crippen molar-refractivity contribution < 1.29 is 14.5 Å². The quantitative estimate of drug-likeness (QED) is 0.615. The number of hydrogen-bond donors (Lipinski definition) is 1. The number of nitrogens with zero attached hydrogens (tertiary/aromatic N) is 4. The molecule has 0 spiro atoms. The lowest BCUT2D eigenvalue weighted by molar-refractivity contribution is -0.388. The fourth-order valence-electron chi connectivity index (χ4n) is 2.04. The fraction of sp³-hybridized carbons (Fsp3) is 0.636. The first-order valence-corrected chi connectivity index (χ1v) is 6.29. The van der Waals surface area contributed by atoms with E-state index >= 15 is 0 Å². The summed E-state index contributed by atoms with van der Waals surface area (Å²) in [6.07, 6.45) is 1.34. The number of aryl methyl sites for hydroxylation is 1. The zero-order valence-electron chi connectivity index (χ0n) is 11.4. The van der Waals surface area contributed by atoms with Crippen LogP contribution in [0.25, 0.3) is 0 Å². The van der Waals surface area contributed by atoms with Crippen LogP contribution in [0.2, 0.25) is 0 Å². The Balaban J connectivity index is 2.07. The lowest BCUT2D eigenvalue weighted by Crippen LogP contribution is -2.47. The van der Waals surface area contributed by atoms with Crippen molar-refractivity contribution in [3.63, 3.8) is 0 Å². The maximum Gasteiger partial charge on any atom is 0.406 e. The molecule has 1 aromatic rings. The lowest BCUT2D eigenvalue weighted by atomic mass is 10.2. The van der Waals surface area contributed by atoms with E-state index in [1.54, 1.807) is 18.9 Å². The van der Waals surface area contributed by atoms with Crippen molar-refractivity contribution in [2.45, 2.75) is 13.0 Å². The second kappa shape index (κ2) is 5.87. The standard InChI is InChI=1S/C11H17N5O4/c1-8(11(17)15-3-5-20-6-4-15)13-10-9(16(18)19)12-7-14(10)2/h7-8,13H,3-6H2,1-2H3. The molecule has 1 amide bonds. The number of morpholine rings is 1. The molecule has 0 bridgehead atoms. The minimum Gasteiger partial charge on any atom is -0.378 e. The number of imidazole rings is 1. The van der Waals surface area contributed by atoms with Gasteiger partial charge < -0.3 is 25.1 Å². The number of carbonyl (C=O) groups is 1. The highest BCUT2D eigenvalue weighted by molar-refractivity contribution is 5.84. The third kappa shape index (κ3) is 2.87. The van der Waals surface area contributed by atoms with E-state index in [0.29, 0.717) is 26.3 Å². The van der Waals surface area contributed by atoms with E-state index < -0.39 is 11.0 Å². The number of aromatic nitrogens is 2. The third-order valence-electron chi connectivity index (χ3n) is 3.14. The first kappa shape index (κ1) is 14.3. The molecule has 1 atom stereocenters. The molecule has 2 heterocycles. The Morgan fingerprint density at radius 1 is 1.55 bits per heavy atom. The van der Waals surface area contributed by atoms with Crippen LogP contribution >= 0.6 is 0 Å². The molecule has 1 fully saturated rings. The Kier molecular flexibility index (Phi) is 4.18. The van der Waals surface area contributed by atoms with E-state index in [9.17, 15) is 14.9 Å². The molecular weight excluding hydrogens is 266 g/mol. The van der Waals surface area contributed by atoms with Gasteiger partial charge in [-0.3, -0.25) is 9.36 Å². The highest BCUT2D eigenvalue weighted by Crippen LogP contribution is 2.22. The first-order chi connectivity index (χ1) is 9.50. The van der Waals surface area contributed by atoms with Crippen LogP contribution in [-0.4, -0.2) is 57.6 Å². The van der Waals surface area contributed by atoms with Crippen LogP contribution in [0.5, 0.6) is 0 Å². The molecule has 0 aromatic carbocycles. The van der Waals surface area contributed by atoms with Gasteiger partial charge in [0.2, 0.25) is 18.1 Å². The van der Waals surface area contributed by atoms with Gasteiger partial charge in [-0.25, -0.2) is 0 Å². The fourth-order valence-corrected chi connectivity index (χ4v) is 2.04. The van der Waals surface area contributed by atoms with Crippen LogP contribution in [0.15, 0.2) is 6.33 Å². The van der Waals surface area contributed by atoms with Gasteiger partial charge in [-0.2, -0.15) is 0 Å². The van der Waals surface area contributed by atoms with Crippen LogP contribution in [-0.2, 0) is 16.6 Å². The number of nitro groups is 1. The largest absolute Gasteiger partial charge is 0.406 e. The average molecular weight is 283 g/mol. The molecule has 9 heteroatoms. The van der Waals surface area contributed by atoms with E-state index in [1.165, 1.54) is 10.9 Å². The Morgan fingerprint density at radius 3 is 2.80 bits per heavy atom. The van der Waals surface area contributed by atoms with E-state index in [-0.39, 0.29) is 17.5 Å². The summed E-state index contributed by atoms with van der Waals surface area (Å²) < 4.78 is 6.67. The van der Waals surface area contributed by atoms with Crippen LogP contribution in [0.1, 0.15) is 6.92 Å². The Bertz CT molecular complexity index is 509. The smallest absolute Gasteiger partial charge is 0.378 e. The number of hydrogen-bond acceptors (Lipinski definition) is 6. The summed E-state index contributed by atoms with van der Waals surface area (Å²) in [7, 11) is 1.63. The summed E-state index contributed by atoms with van der Waals surface area (Å²) in [4.78, 5) is 27.9. The minimum atomic E-state index is -0.575. The Morgan fingerprint density at radius 2 is 2.20 bits per heavy atom. The number of ether oxygens (including phenoxy) is 1. The van der Waals surface area contributed by atoms with Gasteiger partial charge in [-0.05, 0) is 16.8 Å². The normalized spacial score (nSPS) is 16.8. The topological polar surface area (TPSA) is 103 Å². The molecule has 0 radical (unpaired) electrons. The van der Waals surface area contributed by atoms with E-state index in [0.717, 1.165) is 0 Å². The van der Waals surface area contributed by atoms with E-state index in [1.807, 2.05) is 0 Å². The molecular formula is C11H17N5O4. The molecule has 0 saturated carbocycles. The van der Waals surface area contributed by atoms with Gasteiger partial charge in [0.15, 0.2) is 0 Å². The molecule has 20 heavy (non-hydrogen) atoms. The van der Waals surface area contributed by atoms with Crippen molar-refractivity contribution in [1.29, 1.82) is 0 Å². The summed E-state index contributed by atoms with van der Waals surface area (Å²) in [6.45, 7) is 3.79. The maximum absolute atomic E-state index is 12.2. The molecule has 1 aliphatic rings. The molecule has 9 nitrogen and oxygen atoms in total.